The fraction of sp³-hybridized carbons (Fsp3) is 0.525. The minimum atomic E-state index is -1.36. The Bertz CT molecular complexity index is 2630. The molecular formula is C59H70Cl2N2O10. The molecule has 0 amide bonds. The Kier molecular flexibility index (Phi) is 16.6. The number of halogens is 2. The average Bonchev–Trinajstić information content (AvgIpc) is 3.71. The Morgan fingerprint density at radius 2 is 1.26 bits per heavy atom. The number of ether oxygens (including phenoxy) is 2. The first kappa shape index (κ1) is 53.8. The van der Waals surface area contributed by atoms with Crippen molar-refractivity contribution < 1.29 is 39.1 Å². The van der Waals surface area contributed by atoms with Crippen LogP contribution >= 0.6 is 23.2 Å². The first-order valence-electron chi connectivity index (χ1n) is 26.3. The van der Waals surface area contributed by atoms with Crippen LogP contribution in [0, 0.1) is 78.4 Å². The number of rotatable bonds is 20. The number of hydrogen-bond acceptors (Lipinski definition) is 8. The fourth-order valence-corrected chi connectivity index (χ4v) is 15.1. The zero-order valence-corrected chi connectivity index (χ0v) is 44.3. The molecular weight excluding hydrogens is 968 g/mol. The van der Waals surface area contributed by atoms with Gasteiger partial charge in [-0.2, -0.15) is 0 Å². The first-order chi connectivity index (χ1) is 34.8. The number of nitrogens with zero attached hydrogens (tertiary/aromatic N) is 2. The molecule has 9 atom stereocenters. The molecule has 8 rings (SSSR count). The lowest BCUT2D eigenvalue weighted by Gasteiger charge is -2.61. The van der Waals surface area contributed by atoms with Crippen molar-refractivity contribution in [1.82, 2.24) is 0 Å². The third-order valence-corrected chi connectivity index (χ3v) is 18.8. The Balaban J connectivity index is 1.05. The maximum absolute atomic E-state index is 13.0. The average molecular weight is 1040 g/mol. The van der Waals surface area contributed by atoms with Crippen LogP contribution in [-0.2, 0) is 13.2 Å². The summed E-state index contributed by atoms with van der Waals surface area (Å²) >= 11 is 13.8. The Morgan fingerprint density at radius 3 is 1.79 bits per heavy atom. The monoisotopic (exact) mass is 1040 g/mol. The van der Waals surface area contributed by atoms with Gasteiger partial charge < -0.3 is 19.7 Å². The van der Waals surface area contributed by atoms with E-state index in [1.807, 2.05) is 6.08 Å². The highest BCUT2D eigenvalue weighted by molar-refractivity contribution is 6.33. The quantitative estimate of drug-likeness (QED) is 0.0639. The highest BCUT2D eigenvalue weighted by Crippen LogP contribution is 2.69. The topological polar surface area (TPSA) is 179 Å². The van der Waals surface area contributed by atoms with E-state index in [2.05, 4.69) is 34.6 Å². The van der Waals surface area contributed by atoms with E-state index in [0.717, 1.165) is 54.8 Å². The van der Waals surface area contributed by atoms with E-state index in [1.165, 1.54) is 113 Å². The lowest BCUT2D eigenvalue weighted by Crippen LogP contribution is -2.53. The number of nitro groups is 2. The van der Waals surface area contributed by atoms with Gasteiger partial charge in [-0.1, -0.05) is 107 Å². The molecule has 0 aliphatic heterocycles. The van der Waals surface area contributed by atoms with Crippen LogP contribution in [0.15, 0.2) is 78.9 Å². The van der Waals surface area contributed by atoms with Gasteiger partial charge >= 0.3 is 11.9 Å². The summed E-state index contributed by atoms with van der Waals surface area (Å²) < 4.78 is 11.9. The van der Waals surface area contributed by atoms with Crippen LogP contribution in [0.5, 0.6) is 11.5 Å². The van der Waals surface area contributed by atoms with Crippen LogP contribution in [0.2, 0.25) is 10.0 Å². The number of nitro benzene ring substituents is 2. The molecule has 0 heterocycles. The standard InChI is InChI=1S/C59H70Cl2N2O10/c1-35(2)12-10-13-36(3)47-22-23-48-44-21-20-42-28-37(24-26-58(42,4)49(44)25-27-59(47,48)5)14-11-17-43(40-29-45(56(64)65)54(50(60)31-40)72-33-38-15-6-8-18-52(38)62(68)69)41-30-46(57(66)67)55(51(61)32-41)73-34-39-16-7-9-19-53(39)63(70)71/h6-9,15-19,29-32,35-37,42,44,47-49H,10-14,20-28,33-34H2,1-5H3,(H,64,65)(H,66,67)/t36-,37+,42?,44+,47-,48+,49+,58+,59-/m1/s1. The number of carbonyl (C=O) groups is 2. The molecule has 0 aromatic heterocycles. The summed E-state index contributed by atoms with van der Waals surface area (Å²) in [7, 11) is 0. The molecule has 1 unspecified atom stereocenters. The number of aromatic carboxylic acids is 2. The summed E-state index contributed by atoms with van der Waals surface area (Å²) in [4.78, 5) is 48.3. The molecule has 73 heavy (non-hydrogen) atoms. The van der Waals surface area contributed by atoms with Crippen LogP contribution in [0.4, 0.5) is 11.4 Å². The number of fused-ring (bicyclic) bond motifs is 5. The van der Waals surface area contributed by atoms with Gasteiger partial charge in [-0.05, 0) is 182 Å². The molecule has 0 radical (unpaired) electrons. The molecule has 12 nitrogen and oxygen atoms in total. The number of allylic oxidation sites excluding steroid dienone is 1. The molecule has 390 valence electrons. The van der Waals surface area contributed by atoms with Crippen LogP contribution < -0.4 is 9.47 Å². The summed E-state index contributed by atoms with van der Waals surface area (Å²) in [5.74, 6) is 2.82. The van der Waals surface area contributed by atoms with Gasteiger partial charge in [0.2, 0.25) is 0 Å². The van der Waals surface area contributed by atoms with Gasteiger partial charge in [-0.25, -0.2) is 9.59 Å². The van der Waals surface area contributed by atoms with Crippen LogP contribution in [-0.4, -0.2) is 32.0 Å². The molecule has 4 aromatic rings. The van der Waals surface area contributed by atoms with Gasteiger partial charge in [0, 0.05) is 12.1 Å². The highest BCUT2D eigenvalue weighted by atomic mass is 35.5. The molecule has 0 saturated heterocycles. The van der Waals surface area contributed by atoms with Crippen LogP contribution in [0.1, 0.15) is 167 Å². The molecule has 2 N–H and O–H groups in total. The highest BCUT2D eigenvalue weighted by Gasteiger charge is 2.60. The number of carboxylic acids is 2. The smallest absolute Gasteiger partial charge is 0.339 e. The van der Waals surface area contributed by atoms with E-state index in [-0.39, 0.29) is 68.4 Å². The summed E-state index contributed by atoms with van der Waals surface area (Å²) in [6.45, 7) is 11.8. The van der Waals surface area contributed by atoms with Gasteiger partial charge in [0.15, 0.2) is 11.5 Å². The third kappa shape index (κ3) is 11.3. The van der Waals surface area contributed by atoms with Crippen molar-refractivity contribution in [1.29, 1.82) is 0 Å². The van der Waals surface area contributed by atoms with Gasteiger partial charge in [-0.3, -0.25) is 20.2 Å². The van der Waals surface area contributed by atoms with Crippen molar-refractivity contribution in [3.8, 4) is 11.5 Å². The molecule has 4 fully saturated rings. The predicted molar refractivity (Wildman–Crippen MR) is 285 cm³/mol. The third-order valence-electron chi connectivity index (χ3n) is 18.2. The Labute approximate surface area is 439 Å². The number of benzene rings is 4. The minimum Gasteiger partial charge on any atom is -0.486 e. The minimum absolute atomic E-state index is 0.0668. The maximum atomic E-state index is 13.0. The second-order valence-corrected chi connectivity index (χ2v) is 23.5. The molecule has 0 bridgehead atoms. The van der Waals surface area contributed by atoms with E-state index >= 15 is 0 Å². The van der Waals surface area contributed by atoms with Crippen molar-refractivity contribution in [2.75, 3.05) is 0 Å². The van der Waals surface area contributed by atoms with E-state index in [1.54, 1.807) is 24.3 Å². The summed E-state index contributed by atoms with van der Waals surface area (Å²) in [5.41, 5.74) is 1.45. The predicted octanol–water partition coefficient (Wildman–Crippen LogP) is 16.3. The van der Waals surface area contributed by atoms with Crippen molar-refractivity contribution in [3.05, 3.63) is 143 Å². The van der Waals surface area contributed by atoms with Crippen LogP contribution in [0.3, 0.4) is 0 Å². The van der Waals surface area contributed by atoms with E-state index in [9.17, 15) is 40.0 Å². The van der Waals surface area contributed by atoms with Gasteiger partial charge in [0.25, 0.3) is 11.4 Å². The van der Waals surface area contributed by atoms with Crippen LogP contribution in [0.25, 0.3) is 5.57 Å². The molecule has 4 aliphatic carbocycles. The summed E-state index contributed by atoms with van der Waals surface area (Å²) in [6, 6.07) is 17.9. The van der Waals surface area contributed by atoms with Gasteiger partial charge in [-0.15, -0.1) is 0 Å². The zero-order chi connectivity index (χ0) is 52.4. The summed E-state index contributed by atoms with van der Waals surface area (Å²) in [6.07, 6.45) is 19.0. The zero-order valence-electron chi connectivity index (χ0n) is 42.7. The van der Waals surface area contributed by atoms with Gasteiger partial charge in [0.1, 0.15) is 24.3 Å². The van der Waals surface area contributed by atoms with Crippen molar-refractivity contribution in [2.45, 2.75) is 138 Å². The van der Waals surface area contributed by atoms with E-state index < -0.39 is 21.8 Å². The molecule has 4 aliphatic rings. The van der Waals surface area contributed by atoms with Gasteiger partial charge in [0.05, 0.1) is 31.0 Å². The Hall–Kier alpha value is -5.46. The largest absolute Gasteiger partial charge is 0.486 e. The van der Waals surface area contributed by atoms with Crippen molar-refractivity contribution in [3.63, 3.8) is 0 Å². The first-order valence-corrected chi connectivity index (χ1v) is 27.1. The number of para-hydroxylation sites is 2. The molecule has 4 saturated carbocycles. The lowest BCUT2D eigenvalue weighted by molar-refractivity contribution is -0.386. The fourth-order valence-electron chi connectivity index (χ4n) is 14.5. The molecule has 14 heteroatoms. The van der Waals surface area contributed by atoms with E-state index in [0.29, 0.717) is 45.8 Å². The van der Waals surface area contributed by atoms with Crippen molar-refractivity contribution >= 4 is 52.1 Å². The number of hydrogen-bond donors (Lipinski definition) is 2. The SMILES string of the molecule is CC(C)CCC[C@@H](C)[C@H]1CC[C@H]2[C@@H]3CCC4C[C@@H](CCC=C(c5cc(Cl)c(OCc6ccccc6[N+](=O)[O-])c(C(=O)O)c5)c5cc(Cl)c(OCc6ccccc6[N+](=O)[O-])c(C(=O)O)c5)CC[C@]4(C)[C@H]3CC[C@]12C. The molecule has 4 aromatic carbocycles. The summed E-state index contributed by atoms with van der Waals surface area (Å²) in [5, 5.41) is 44.5. The number of carboxylic acid groups (broad SMARTS) is 2. The maximum Gasteiger partial charge on any atom is 0.339 e. The normalized spacial score (nSPS) is 25.7. The molecule has 0 spiro atoms. The van der Waals surface area contributed by atoms with E-state index in [4.69, 9.17) is 32.7 Å². The lowest BCUT2D eigenvalue weighted by atomic mass is 9.44. The second-order valence-electron chi connectivity index (χ2n) is 22.7. The Morgan fingerprint density at radius 1 is 0.726 bits per heavy atom. The van der Waals surface area contributed by atoms with Crippen molar-refractivity contribution in [2.24, 2.45) is 58.2 Å². The second kappa shape index (κ2) is 22.6.